The predicted molar refractivity (Wildman–Crippen MR) is 52.6 cm³/mol. The number of hydrogen-bond acceptors (Lipinski definition) is 2. The van der Waals surface area contributed by atoms with Crippen molar-refractivity contribution in [2.45, 2.75) is 14.8 Å². The van der Waals surface area contributed by atoms with E-state index in [0.29, 0.717) is 0 Å². The molecule has 3 nitrogen and oxygen atoms in total. The largest absolute Gasteiger partial charge is 0.512 e. The zero-order valence-corrected chi connectivity index (χ0v) is 10.9. The fourth-order valence-electron chi connectivity index (χ4n) is 0.336. The molecule has 92 valence electrons. The Labute approximate surface area is 108 Å². The van der Waals surface area contributed by atoms with E-state index in [-0.39, 0.29) is 0 Å². The van der Waals surface area contributed by atoms with Crippen molar-refractivity contribution in [2.75, 3.05) is 0 Å². The molecule has 0 fully saturated rings. The van der Waals surface area contributed by atoms with Crippen molar-refractivity contribution in [3.05, 3.63) is 0 Å². The Morgan fingerprint density at radius 1 is 1.13 bits per heavy atom. The van der Waals surface area contributed by atoms with Gasteiger partial charge in [0.05, 0.1) is 0 Å². The van der Waals surface area contributed by atoms with Crippen LogP contribution in [0.1, 0.15) is 0 Å². The predicted octanol–water partition coefficient (Wildman–Crippen LogP) is 3.23. The van der Waals surface area contributed by atoms with Gasteiger partial charge in [0.1, 0.15) is 0 Å². The van der Waals surface area contributed by atoms with Crippen molar-refractivity contribution >= 4 is 68.2 Å². The molecular weight excluding hydrogens is 348 g/mol. The van der Waals surface area contributed by atoms with Gasteiger partial charge < -0.3 is 0 Å². The smallest absolute Gasteiger partial charge is 0.201 e. The lowest BCUT2D eigenvalue weighted by atomic mass is 10.8. The first kappa shape index (κ1) is 16.1. The fourth-order valence-corrected chi connectivity index (χ4v) is 2.25. The first-order valence-electron chi connectivity index (χ1n) is 2.79. The number of rotatable bonds is 2. The molecule has 0 saturated carbocycles. The lowest BCUT2D eigenvalue weighted by Crippen LogP contribution is -2.43. The molecule has 0 spiro atoms. The standard InChI is InChI=1S/C3HCl5F3NO2S/c4-1(2(5,6)7)12(8)15(13,14)3(9,10)11/h1H. The van der Waals surface area contributed by atoms with Crippen LogP contribution in [0.5, 0.6) is 0 Å². The summed E-state index contributed by atoms with van der Waals surface area (Å²) in [5.74, 6) is 0. The zero-order valence-electron chi connectivity index (χ0n) is 6.27. The minimum atomic E-state index is -5.85. The van der Waals surface area contributed by atoms with E-state index in [1.165, 1.54) is 0 Å². The molecule has 1 unspecified atom stereocenters. The van der Waals surface area contributed by atoms with Crippen molar-refractivity contribution in [3.8, 4) is 0 Å². The number of alkyl halides is 7. The van der Waals surface area contributed by atoms with E-state index < -0.39 is 28.6 Å². The quantitative estimate of drug-likeness (QED) is 0.436. The van der Waals surface area contributed by atoms with Gasteiger partial charge in [0, 0.05) is 0 Å². The monoisotopic (exact) mass is 347 g/mol. The van der Waals surface area contributed by atoms with Gasteiger partial charge in [0.25, 0.3) is 0 Å². The van der Waals surface area contributed by atoms with Gasteiger partial charge in [0.2, 0.25) is 3.79 Å². The number of sulfonamides is 1. The molecular formula is C3HCl5F3NO2S. The van der Waals surface area contributed by atoms with Crippen molar-refractivity contribution in [2.24, 2.45) is 0 Å². The van der Waals surface area contributed by atoms with Crippen LogP contribution in [-0.2, 0) is 10.0 Å². The average Bonchev–Trinajstić information content (AvgIpc) is 1.97. The molecule has 12 heteroatoms. The highest BCUT2D eigenvalue weighted by atomic mass is 35.6. The van der Waals surface area contributed by atoms with Gasteiger partial charge in [-0.1, -0.05) is 50.2 Å². The Morgan fingerprint density at radius 2 is 1.47 bits per heavy atom. The molecule has 0 aliphatic rings. The maximum absolute atomic E-state index is 11.9. The molecule has 0 amide bonds. The molecule has 0 aromatic heterocycles. The van der Waals surface area contributed by atoms with Crippen molar-refractivity contribution in [1.29, 1.82) is 0 Å². The van der Waals surface area contributed by atoms with Crippen molar-refractivity contribution < 1.29 is 21.6 Å². The number of hydrogen-bond donors (Lipinski definition) is 0. The Balaban J connectivity index is 5.13. The van der Waals surface area contributed by atoms with Crippen LogP contribution in [0.2, 0.25) is 0 Å². The highest BCUT2D eigenvalue weighted by Crippen LogP contribution is 2.40. The lowest BCUT2D eigenvalue weighted by molar-refractivity contribution is -0.0471. The minimum absolute atomic E-state index is 0.790. The van der Waals surface area contributed by atoms with Gasteiger partial charge in [-0.25, -0.2) is 8.42 Å². The molecule has 0 aromatic rings. The Bertz CT molecular complexity index is 323. The van der Waals surface area contributed by atoms with Crippen LogP contribution in [0.25, 0.3) is 0 Å². The maximum atomic E-state index is 11.9. The summed E-state index contributed by atoms with van der Waals surface area (Å²) in [6, 6.07) is 0. The maximum Gasteiger partial charge on any atom is 0.512 e. The topological polar surface area (TPSA) is 37.4 Å². The second-order valence-corrected chi connectivity index (χ2v) is 7.22. The van der Waals surface area contributed by atoms with E-state index in [1.807, 2.05) is 0 Å². The number of halogens is 8. The minimum Gasteiger partial charge on any atom is -0.201 e. The molecule has 0 rings (SSSR count). The molecule has 0 saturated heterocycles. The highest BCUT2D eigenvalue weighted by Gasteiger charge is 2.54. The zero-order chi connectivity index (χ0) is 12.7. The summed E-state index contributed by atoms with van der Waals surface area (Å²) >= 11 is 25.2. The van der Waals surface area contributed by atoms with Crippen LogP contribution >= 0.6 is 58.2 Å². The molecule has 0 aliphatic heterocycles. The molecule has 0 heterocycles. The van der Waals surface area contributed by atoms with Gasteiger partial charge in [0.15, 0.2) is 5.50 Å². The van der Waals surface area contributed by atoms with E-state index in [9.17, 15) is 21.6 Å². The summed E-state index contributed by atoms with van der Waals surface area (Å²) < 4.78 is 53.8. The third-order valence-electron chi connectivity index (χ3n) is 0.970. The van der Waals surface area contributed by atoms with E-state index in [0.717, 1.165) is 0 Å². The average molecular weight is 349 g/mol. The Kier molecular flexibility index (Phi) is 5.16. The summed E-state index contributed by atoms with van der Waals surface area (Å²) in [5, 5.41) is 0. The van der Waals surface area contributed by atoms with Gasteiger partial charge in [-0.15, -0.1) is 0 Å². The van der Waals surface area contributed by atoms with Gasteiger partial charge >= 0.3 is 15.5 Å². The van der Waals surface area contributed by atoms with Gasteiger partial charge in [-0.3, -0.25) is 0 Å². The van der Waals surface area contributed by atoms with Crippen LogP contribution < -0.4 is 0 Å². The van der Waals surface area contributed by atoms with Crippen molar-refractivity contribution in [3.63, 3.8) is 0 Å². The molecule has 1 atom stereocenters. The van der Waals surface area contributed by atoms with Crippen LogP contribution in [0.3, 0.4) is 0 Å². The SMILES string of the molecule is O=S(=O)(N(Cl)C(Cl)C(Cl)(Cl)Cl)C(F)(F)F. The second-order valence-electron chi connectivity index (χ2n) is 2.07. The van der Waals surface area contributed by atoms with E-state index >= 15 is 0 Å². The van der Waals surface area contributed by atoms with Crippen molar-refractivity contribution in [1.82, 2.24) is 3.82 Å². The molecule has 0 radical (unpaired) electrons. The van der Waals surface area contributed by atoms with Crippen LogP contribution in [-0.4, -0.2) is 27.0 Å². The first-order valence-corrected chi connectivity index (χ1v) is 6.14. The summed E-state index contributed by atoms with van der Waals surface area (Å²) in [7, 11) is -5.85. The fraction of sp³-hybridized carbons (Fsp3) is 1.00. The summed E-state index contributed by atoms with van der Waals surface area (Å²) in [4.78, 5) is 0. The van der Waals surface area contributed by atoms with Gasteiger partial charge in [-0.2, -0.15) is 13.2 Å². The molecule has 0 aromatic carbocycles. The third kappa shape index (κ3) is 3.83. The van der Waals surface area contributed by atoms with Crippen LogP contribution in [0.4, 0.5) is 13.2 Å². The molecule has 0 aliphatic carbocycles. The normalized spacial score (nSPS) is 16.9. The molecule has 0 bridgehead atoms. The third-order valence-corrected chi connectivity index (χ3v) is 4.66. The van der Waals surface area contributed by atoms with E-state index in [2.05, 4.69) is 0 Å². The van der Waals surface area contributed by atoms with E-state index in [4.69, 9.17) is 58.2 Å². The van der Waals surface area contributed by atoms with Crippen LogP contribution in [0.15, 0.2) is 0 Å². The van der Waals surface area contributed by atoms with E-state index in [1.54, 1.807) is 0 Å². The van der Waals surface area contributed by atoms with Gasteiger partial charge in [-0.05, 0) is 11.8 Å². The Hall–Kier alpha value is 1.15. The summed E-state index contributed by atoms with van der Waals surface area (Å²) in [6.07, 6.45) is 0. The molecule has 0 N–H and O–H groups in total. The summed E-state index contributed by atoms with van der Waals surface area (Å²) in [5.41, 5.74) is -7.83. The molecule has 15 heavy (non-hydrogen) atoms. The summed E-state index contributed by atoms with van der Waals surface area (Å²) in [6.45, 7) is 0. The van der Waals surface area contributed by atoms with Crippen LogP contribution in [0, 0.1) is 0 Å². The lowest BCUT2D eigenvalue weighted by Gasteiger charge is -2.25. The first-order chi connectivity index (χ1) is 6.32. The highest BCUT2D eigenvalue weighted by molar-refractivity contribution is 7.90. The Morgan fingerprint density at radius 3 is 1.67 bits per heavy atom. The second kappa shape index (κ2) is 4.80. The number of nitrogens with zero attached hydrogens (tertiary/aromatic N) is 1.